The van der Waals surface area contributed by atoms with Crippen molar-refractivity contribution in [2.24, 2.45) is 0 Å². The molecule has 1 unspecified atom stereocenters. The van der Waals surface area contributed by atoms with Crippen LogP contribution in [-0.4, -0.2) is 24.5 Å². The number of hydrogen-bond donors (Lipinski definition) is 1. The molecule has 2 aromatic rings. The summed E-state index contributed by atoms with van der Waals surface area (Å²) in [4.78, 5) is 26.0. The number of carbonyl (C=O) groups excluding carboxylic acids is 2. The number of nitrogens with one attached hydrogen (secondary N) is 1. The first-order valence-electron chi connectivity index (χ1n) is 8.17. The average molecular weight is 359 g/mol. The minimum absolute atomic E-state index is 0.110. The molecule has 0 spiro atoms. The van der Waals surface area contributed by atoms with Gasteiger partial charge >= 0.3 is 0 Å². The maximum Gasteiger partial charge on any atom is 0.265 e. The number of halogens is 1. The fourth-order valence-corrected chi connectivity index (χ4v) is 2.88. The summed E-state index contributed by atoms with van der Waals surface area (Å²) in [5.74, 6) is 0.284. The Morgan fingerprint density at radius 3 is 2.76 bits per heavy atom. The number of carbonyl (C=O) groups is 2. The van der Waals surface area contributed by atoms with Crippen LogP contribution in [-0.2, 0) is 9.59 Å². The molecule has 0 aromatic heterocycles. The fourth-order valence-electron chi connectivity index (χ4n) is 2.70. The van der Waals surface area contributed by atoms with E-state index < -0.39 is 6.10 Å². The molecule has 1 aliphatic heterocycles. The van der Waals surface area contributed by atoms with E-state index in [0.29, 0.717) is 29.4 Å². The van der Waals surface area contributed by atoms with Crippen molar-refractivity contribution in [3.05, 3.63) is 53.6 Å². The number of hydrogen-bond acceptors (Lipinski definition) is 3. The highest BCUT2D eigenvalue weighted by molar-refractivity contribution is 6.32. The molecule has 1 heterocycles. The van der Waals surface area contributed by atoms with Crippen LogP contribution >= 0.6 is 11.6 Å². The fraction of sp³-hybridized carbons (Fsp3) is 0.263. The number of rotatable bonds is 5. The van der Waals surface area contributed by atoms with E-state index in [1.54, 1.807) is 48.2 Å². The third-order valence-corrected chi connectivity index (χ3v) is 4.32. The monoisotopic (exact) mass is 358 g/mol. The van der Waals surface area contributed by atoms with E-state index in [1.165, 1.54) is 0 Å². The first-order chi connectivity index (χ1) is 12.0. The lowest BCUT2D eigenvalue weighted by atomic mass is 10.2. The topological polar surface area (TPSA) is 58.6 Å². The van der Waals surface area contributed by atoms with Crippen LogP contribution in [0.25, 0.3) is 0 Å². The minimum Gasteiger partial charge on any atom is -0.479 e. The zero-order valence-corrected chi connectivity index (χ0v) is 14.6. The van der Waals surface area contributed by atoms with Crippen molar-refractivity contribution in [1.29, 1.82) is 0 Å². The smallest absolute Gasteiger partial charge is 0.265 e. The predicted molar refractivity (Wildman–Crippen MR) is 98.2 cm³/mol. The van der Waals surface area contributed by atoms with Gasteiger partial charge in [0, 0.05) is 24.3 Å². The van der Waals surface area contributed by atoms with E-state index in [9.17, 15) is 9.59 Å². The first-order valence-corrected chi connectivity index (χ1v) is 8.55. The van der Waals surface area contributed by atoms with Gasteiger partial charge in [-0.3, -0.25) is 9.59 Å². The SMILES string of the molecule is CC(Oc1ccccc1Cl)C(=O)Nc1cccc(N2CCCC2=O)c1. The molecule has 1 saturated heterocycles. The van der Waals surface area contributed by atoms with E-state index in [1.807, 2.05) is 12.1 Å². The van der Waals surface area contributed by atoms with Crippen LogP contribution in [0.3, 0.4) is 0 Å². The van der Waals surface area contributed by atoms with Gasteiger partial charge in [0.15, 0.2) is 6.10 Å². The van der Waals surface area contributed by atoms with E-state index in [4.69, 9.17) is 16.3 Å². The maximum absolute atomic E-state index is 12.4. The molecule has 6 heteroatoms. The average Bonchev–Trinajstić information content (AvgIpc) is 3.03. The van der Waals surface area contributed by atoms with Gasteiger partial charge in [0.25, 0.3) is 5.91 Å². The van der Waals surface area contributed by atoms with Crippen molar-refractivity contribution >= 4 is 34.8 Å². The Labute approximate surface area is 151 Å². The van der Waals surface area contributed by atoms with E-state index in [-0.39, 0.29) is 11.8 Å². The summed E-state index contributed by atoms with van der Waals surface area (Å²) >= 11 is 6.05. The van der Waals surface area contributed by atoms with Crippen LogP contribution in [0.4, 0.5) is 11.4 Å². The Kier molecular flexibility index (Phi) is 5.24. The Balaban J connectivity index is 1.66. The number of benzene rings is 2. The van der Waals surface area contributed by atoms with Gasteiger partial charge in [-0.2, -0.15) is 0 Å². The van der Waals surface area contributed by atoms with Gasteiger partial charge < -0.3 is 15.0 Å². The van der Waals surface area contributed by atoms with Crippen LogP contribution in [0, 0.1) is 0 Å². The summed E-state index contributed by atoms with van der Waals surface area (Å²) in [6.45, 7) is 2.37. The quantitative estimate of drug-likeness (QED) is 0.882. The second kappa shape index (κ2) is 7.57. The van der Waals surface area contributed by atoms with Crippen LogP contribution in [0.5, 0.6) is 5.75 Å². The van der Waals surface area contributed by atoms with Gasteiger partial charge in [0.05, 0.1) is 5.02 Å². The standard InChI is InChI=1S/C19H19ClN2O3/c1-13(25-17-9-3-2-8-16(17)20)19(24)21-14-6-4-7-15(12-14)22-11-5-10-18(22)23/h2-4,6-9,12-13H,5,10-11H2,1H3,(H,21,24). The van der Waals surface area contributed by atoms with Crippen molar-refractivity contribution in [2.45, 2.75) is 25.9 Å². The van der Waals surface area contributed by atoms with E-state index in [2.05, 4.69) is 5.32 Å². The van der Waals surface area contributed by atoms with Gasteiger partial charge in [-0.25, -0.2) is 0 Å². The highest BCUT2D eigenvalue weighted by Crippen LogP contribution is 2.26. The molecule has 0 aliphatic carbocycles. The van der Waals surface area contributed by atoms with Crippen molar-refractivity contribution in [3.63, 3.8) is 0 Å². The summed E-state index contributed by atoms with van der Waals surface area (Å²) in [6.07, 6.45) is 0.717. The highest BCUT2D eigenvalue weighted by atomic mass is 35.5. The molecular formula is C19H19ClN2O3. The molecule has 0 saturated carbocycles. The number of anilines is 2. The Morgan fingerprint density at radius 2 is 2.04 bits per heavy atom. The van der Waals surface area contributed by atoms with Crippen LogP contribution in [0.1, 0.15) is 19.8 Å². The molecule has 1 aliphatic rings. The Hall–Kier alpha value is -2.53. The normalized spacial score (nSPS) is 15.1. The molecule has 25 heavy (non-hydrogen) atoms. The number of para-hydroxylation sites is 1. The molecule has 2 aromatic carbocycles. The van der Waals surface area contributed by atoms with E-state index >= 15 is 0 Å². The molecule has 1 fully saturated rings. The van der Waals surface area contributed by atoms with Crippen molar-refractivity contribution in [3.8, 4) is 5.75 Å². The predicted octanol–water partition coefficient (Wildman–Crippen LogP) is 3.87. The Morgan fingerprint density at radius 1 is 1.24 bits per heavy atom. The zero-order chi connectivity index (χ0) is 17.8. The molecule has 0 radical (unpaired) electrons. The maximum atomic E-state index is 12.4. The largest absolute Gasteiger partial charge is 0.479 e. The minimum atomic E-state index is -0.711. The molecule has 1 N–H and O–H groups in total. The molecule has 5 nitrogen and oxygen atoms in total. The van der Waals surface area contributed by atoms with Crippen molar-refractivity contribution < 1.29 is 14.3 Å². The molecule has 0 bridgehead atoms. The van der Waals surface area contributed by atoms with Gasteiger partial charge in [-0.15, -0.1) is 0 Å². The summed E-state index contributed by atoms with van der Waals surface area (Å²) < 4.78 is 5.62. The van der Waals surface area contributed by atoms with E-state index in [0.717, 1.165) is 12.1 Å². The van der Waals surface area contributed by atoms with Crippen LogP contribution in [0.2, 0.25) is 5.02 Å². The lowest BCUT2D eigenvalue weighted by Gasteiger charge is -2.18. The lowest BCUT2D eigenvalue weighted by Crippen LogP contribution is -2.30. The second-order valence-electron chi connectivity index (χ2n) is 5.88. The third kappa shape index (κ3) is 4.12. The lowest BCUT2D eigenvalue weighted by molar-refractivity contribution is -0.122. The van der Waals surface area contributed by atoms with Gasteiger partial charge in [0.2, 0.25) is 5.91 Å². The number of ether oxygens (including phenoxy) is 1. The van der Waals surface area contributed by atoms with Gasteiger partial charge in [-0.05, 0) is 43.7 Å². The first kappa shape index (κ1) is 17.3. The van der Waals surface area contributed by atoms with Gasteiger partial charge in [-0.1, -0.05) is 29.8 Å². The zero-order valence-electron chi connectivity index (χ0n) is 13.9. The summed E-state index contributed by atoms with van der Waals surface area (Å²) in [5.41, 5.74) is 1.41. The number of amides is 2. The van der Waals surface area contributed by atoms with Gasteiger partial charge in [0.1, 0.15) is 5.75 Å². The summed E-state index contributed by atoms with van der Waals surface area (Å²) in [7, 11) is 0. The number of nitrogens with zero attached hydrogens (tertiary/aromatic N) is 1. The summed E-state index contributed by atoms with van der Waals surface area (Å²) in [5, 5.41) is 3.27. The molecular weight excluding hydrogens is 340 g/mol. The molecule has 1 atom stereocenters. The van der Waals surface area contributed by atoms with Crippen LogP contribution in [0.15, 0.2) is 48.5 Å². The van der Waals surface area contributed by atoms with Crippen molar-refractivity contribution in [2.75, 3.05) is 16.8 Å². The van der Waals surface area contributed by atoms with Crippen molar-refractivity contribution in [1.82, 2.24) is 0 Å². The van der Waals surface area contributed by atoms with Crippen LogP contribution < -0.4 is 15.0 Å². The molecule has 3 rings (SSSR count). The Bertz CT molecular complexity index is 794. The summed E-state index contributed by atoms with van der Waals surface area (Å²) in [6, 6.07) is 14.3. The second-order valence-corrected chi connectivity index (χ2v) is 6.29. The highest BCUT2D eigenvalue weighted by Gasteiger charge is 2.22. The third-order valence-electron chi connectivity index (χ3n) is 4.01. The molecule has 2 amide bonds. The molecule has 130 valence electrons.